The molecule has 0 aliphatic heterocycles. The number of hydrogen-bond acceptors (Lipinski definition) is 4. The minimum absolute atomic E-state index is 0.244. The number of fused-ring (bicyclic) bond motifs is 1. The van der Waals surface area contributed by atoms with Gasteiger partial charge in [0.05, 0.1) is 16.7 Å². The number of nitrogens with zero attached hydrogens (tertiary/aromatic N) is 2. The highest BCUT2D eigenvalue weighted by Gasteiger charge is 2.16. The van der Waals surface area contributed by atoms with Gasteiger partial charge in [0, 0.05) is 10.1 Å². The molecule has 1 amide bonds. The molecule has 0 fully saturated rings. The van der Waals surface area contributed by atoms with Crippen LogP contribution < -0.4 is 11.0 Å². The summed E-state index contributed by atoms with van der Waals surface area (Å²) in [5.41, 5.74) is 1.84. The molecule has 146 valence electrons. The molecule has 0 aliphatic rings. The summed E-state index contributed by atoms with van der Waals surface area (Å²) in [6.07, 6.45) is 0.802. The first-order valence-corrected chi connectivity index (χ1v) is 9.97. The van der Waals surface area contributed by atoms with E-state index in [0.29, 0.717) is 17.7 Å². The summed E-state index contributed by atoms with van der Waals surface area (Å²) in [6, 6.07) is 14.6. The third kappa shape index (κ3) is 4.44. The lowest BCUT2D eigenvalue weighted by Gasteiger charge is -2.08. The predicted octanol–water partition coefficient (Wildman–Crippen LogP) is 3.00. The first kappa shape index (κ1) is 20.1. The highest BCUT2D eigenvalue weighted by atomic mass is 127. The van der Waals surface area contributed by atoms with Gasteiger partial charge in [0.15, 0.2) is 6.61 Å². The fourth-order valence-electron chi connectivity index (χ4n) is 2.93. The van der Waals surface area contributed by atoms with E-state index in [9.17, 15) is 14.4 Å². The normalized spacial score (nSPS) is 10.8. The molecule has 28 heavy (non-hydrogen) atoms. The van der Waals surface area contributed by atoms with E-state index in [2.05, 4.69) is 27.9 Å². The Hall–Kier alpha value is -2.62. The number of aromatic nitrogens is 2. The molecule has 0 saturated heterocycles. The van der Waals surface area contributed by atoms with Crippen molar-refractivity contribution in [1.82, 2.24) is 9.13 Å². The number of rotatable bonds is 7. The summed E-state index contributed by atoms with van der Waals surface area (Å²) in [5, 5.41) is 2.69. The van der Waals surface area contributed by atoms with Crippen molar-refractivity contribution in [3.63, 3.8) is 0 Å². The van der Waals surface area contributed by atoms with Crippen LogP contribution in [0.1, 0.15) is 13.3 Å². The quantitative estimate of drug-likeness (QED) is 0.406. The van der Waals surface area contributed by atoms with E-state index in [4.69, 9.17) is 4.74 Å². The molecule has 7 nitrogen and oxygen atoms in total. The average molecular weight is 493 g/mol. The number of amides is 1. The summed E-state index contributed by atoms with van der Waals surface area (Å²) in [5.74, 6) is -1.07. The second kappa shape index (κ2) is 9.05. The molecule has 1 N–H and O–H groups in total. The Labute approximate surface area is 175 Å². The first-order chi connectivity index (χ1) is 13.5. The average Bonchev–Trinajstić information content (AvgIpc) is 2.94. The zero-order valence-electron chi connectivity index (χ0n) is 15.4. The molecule has 8 heteroatoms. The van der Waals surface area contributed by atoms with Crippen molar-refractivity contribution in [3.05, 3.63) is 62.6 Å². The minimum atomic E-state index is -0.639. The number of hydrogen-bond donors (Lipinski definition) is 1. The van der Waals surface area contributed by atoms with E-state index in [1.165, 1.54) is 4.57 Å². The van der Waals surface area contributed by atoms with Crippen LogP contribution in [0.3, 0.4) is 0 Å². The number of imidazole rings is 1. The lowest BCUT2D eigenvalue weighted by molar-refractivity contribution is -0.147. The summed E-state index contributed by atoms with van der Waals surface area (Å²) in [6.45, 7) is 1.90. The van der Waals surface area contributed by atoms with E-state index in [0.717, 1.165) is 15.5 Å². The van der Waals surface area contributed by atoms with Gasteiger partial charge in [0.1, 0.15) is 6.54 Å². The van der Waals surface area contributed by atoms with Crippen LogP contribution in [0.15, 0.2) is 53.3 Å². The van der Waals surface area contributed by atoms with Gasteiger partial charge in [0.2, 0.25) is 0 Å². The lowest BCUT2D eigenvalue weighted by atomic mass is 10.3. The first-order valence-electron chi connectivity index (χ1n) is 8.89. The van der Waals surface area contributed by atoms with Crippen molar-refractivity contribution in [3.8, 4) is 0 Å². The Kier molecular flexibility index (Phi) is 6.50. The van der Waals surface area contributed by atoms with Gasteiger partial charge in [-0.3, -0.25) is 18.7 Å². The number of halogens is 1. The van der Waals surface area contributed by atoms with Gasteiger partial charge in [0.25, 0.3) is 5.91 Å². The molecule has 3 rings (SSSR count). The van der Waals surface area contributed by atoms with Gasteiger partial charge in [-0.1, -0.05) is 31.2 Å². The van der Waals surface area contributed by atoms with Crippen LogP contribution in [-0.4, -0.2) is 27.6 Å². The summed E-state index contributed by atoms with van der Waals surface area (Å²) in [4.78, 5) is 36.9. The van der Waals surface area contributed by atoms with Gasteiger partial charge >= 0.3 is 11.7 Å². The van der Waals surface area contributed by atoms with Gasteiger partial charge in [-0.15, -0.1) is 0 Å². The molecule has 0 bridgehead atoms. The molecule has 0 saturated carbocycles. The van der Waals surface area contributed by atoms with Crippen LogP contribution >= 0.6 is 22.6 Å². The third-order valence-corrected chi connectivity index (χ3v) is 5.11. The van der Waals surface area contributed by atoms with Crippen LogP contribution in [-0.2, 0) is 27.4 Å². The highest BCUT2D eigenvalue weighted by Crippen LogP contribution is 2.17. The van der Waals surface area contributed by atoms with E-state index in [1.54, 1.807) is 16.7 Å². The second-order valence-corrected chi connectivity index (χ2v) is 7.36. The topological polar surface area (TPSA) is 82.3 Å². The Balaban J connectivity index is 1.67. The maximum atomic E-state index is 12.7. The summed E-state index contributed by atoms with van der Waals surface area (Å²) >= 11 is 2.11. The number of aryl methyl sites for hydroxylation is 1. The number of nitrogens with one attached hydrogen (secondary N) is 1. The van der Waals surface area contributed by atoms with Crippen LogP contribution in [0.25, 0.3) is 11.0 Å². The van der Waals surface area contributed by atoms with Gasteiger partial charge in [-0.2, -0.15) is 0 Å². The zero-order chi connectivity index (χ0) is 20.1. The van der Waals surface area contributed by atoms with Crippen LogP contribution in [0.2, 0.25) is 0 Å². The summed E-state index contributed by atoms with van der Waals surface area (Å²) < 4.78 is 8.98. The molecule has 0 aliphatic carbocycles. The molecule has 0 spiro atoms. The molecule has 0 atom stereocenters. The van der Waals surface area contributed by atoms with E-state index in [1.807, 2.05) is 43.3 Å². The SMILES string of the molecule is CCCn1c(=O)n(CC(=O)OCC(=O)Nc2ccccc2I)c2ccccc21. The molecule has 2 aromatic carbocycles. The molecule has 0 radical (unpaired) electrons. The minimum Gasteiger partial charge on any atom is -0.454 e. The number of carbonyl (C=O) groups excluding carboxylic acids is 2. The van der Waals surface area contributed by atoms with Crippen molar-refractivity contribution >= 4 is 51.2 Å². The second-order valence-electron chi connectivity index (χ2n) is 6.20. The van der Waals surface area contributed by atoms with Crippen LogP contribution in [0.5, 0.6) is 0 Å². The maximum Gasteiger partial charge on any atom is 0.329 e. The van der Waals surface area contributed by atoms with E-state index >= 15 is 0 Å². The van der Waals surface area contributed by atoms with Crippen molar-refractivity contribution in [2.24, 2.45) is 0 Å². The van der Waals surface area contributed by atoms with Crippen LogP contribution in [0.4, 0.5) is 5.69 Å². The number of esters is 1. The largest absolute Gasteiger partial charge is 0.454 e. The molecular formula is C20H20IN3O4. The Morgan fingerprint density at radius 1 is 1.04 bits per heavy atom. The number of carbonyl (C=O) groups is 2. The molecule has 1 heterocycles. The molecule has 3 aromatic rings. The molecular weight excluding hydrogens is 473 g/mol. The number of ether oxygens (including phenoxy) is 1. The molecule has 0 unspecified atom stereocenters. The lowest BCUT2D eigenvalue weighted by Crippen LogP contribution is -2.29. The monoisotopic (exact) mass is 493 g/mol. The molecule has 1 aromatic heterocycles. The van der Waals surface area contributed by atoms with E-state index < -0.39 is 18.5 Å². The third-order valence-electron chi connectivity index (χ3n) is 4.17. The number of anilines is 1. The predicted molar refractivity (Wildman–Crippen MR) is 115 cm³/mol. The standard InChI is InChI=1S/C20H20IN3O4/c1-2-11-23-16-9-5-6-10-17(16)24(20(23)27)12-19(26)28-13-18(25)22-15-8-4-3-7-14(15)21/h3-10H,2,11-13H2,1H3,(H,22,25). The van der Waals surface area contributed by atoms with Crippen molar-refractivity contribution in [2.45, 2.75) is 26.4 Å². The maximum absolute atomic E-state index is 12.7. The van der Waals surface area contributed by atoms with E-state index in [-0.39, 0.29) is 12.2 Å². The summed E-state index contributed by atoms with van der Waals surface area (Å²) in [7, 11) is 0. The van der Waals surface area contributed by atoms with Crippen molar-refractivity contribution in [2.75, 3.05) is 11.9 Å². The van der Waals surface area contributed by atoms with Crippen LogP contribution in [0, 0.1) is 3.57 Å². The fraction of sp³-hybridized carbons (Fsp3) is 0.250. The number of para-hydroxylation sites is 3. The fourth-order valence-corrected chi connectivity index (χ4v) is 3.46. The van der Waals surface area contributed by atoms with Gasteiger partial charge in [-0.25, -0.2) is 4.79 Å². The highest BCUT2D eigenvalue weighted by molar-refractivity contribution is 14.1. The van der Waals surface area contributed by atoms with Gasteiger partial charge < -0.3 is 10.1 Å². The van der Waals surface area contributed by atoms with Crippen molar-refractivity contribution < 1.29 is 14.3 Å². The van der Waals surface area contributed by atoms with Crippen molar-refractivity contribution in [1.29, 1.82) is 0 Å². The zero-order valence-corrected chi connectivity index (χ0v) is 17.5. The Morgan fingerprint density at radius 2 is 1.68 bits per heavy atom. The Morgan fingerprint density at radius 3 is 2.36 bits per heavy atom. The Bertz CT molecular complexity index is 1070. The van der Waals surface area contributed by atoms with Gasteiger partial charge in [-0.05, 0) is 53.3 Å². The number of benzene rings is 2. The smallest absolute Gasteiger partial charge is 0.329 e.